The first-order valence-electron chi connectivity index (χ1n) is 4.21. The molecule has 0 spiro atoms. The molecule has 0 unspecified atom stereocenters. The van der Waals surface area contributed by atoms with Gasteiger partial charge in [-0.3, -0.25) is 0 Å². The van der Waals surface area contributed by atoms with Gasteiger partial charge in [0.2, 0.25) is 0 Å². The molecule has 1 aromatic rings. The van der Waals surface area contributed by atoms with E-state index in [9.17, 15) is 0 Å². The largest absolute Gasteiger partial charge is 0.411 e. The van der Waals surface area contributed by atoms with Crippen molar-refractivity contribution in [1.82, 2.24) is 0 Å². The molecule has 0 bridgehead atoms. The first-order valence-corrected chi connectivity index (χ1v) is 5.09. The molecule has 1 N–H and O–H groups in total. The normalized spacial score (nSPS) is 13.4. The Morgan fingerprint density at radius 1 is 1.69 bits per heavy atom. The third-order valence-electron chi connectivity index (χ3n) is 1.81. The minimum absolute atomic E-state index is 0.744. The predicted molar refractivity (Wildman–Crippen MR) is 57.5 cm³/mol. The average Bonchev–Trinajstić information content (AvgIpc) is 2.59. The highest BCUT2D eigenvalue weighted by Crippen LogP contribution is 2.14. The van der Waals surface area contributed by atoms with Crippen LogP contribution in [0.2, 0.25) is 0 Å². The third-order valence-corrected chi connectivity index (χ3v) is 2.63. The fourth-order valence-corrected chi connectivity index (χ4v) is 1.81. The highest BCUT2D eigenvalue weighted by atomic mass is 32.1. The molecule has 0 aliphatic rings. The smallest absolute Gasteiger partial charge is 0.0822 e. The first-order chi connectivity index (χ1) is 6.27. The lowest BCUT2D eigenvalue weighted by Crippen LogP contribution is -1.97. The van der Waals surface area contributed by atoms with E-state index in [1.165, 1.54) is 4.88 Å². The summed E-state index contributed by atoms with van der Waals surface area (Å²) < 4.78 is 0. The molecule has 0 fully saturated rings. The lowest BCUT2D eigenvalue weighted by molar-refractivity contribution is 0.318. The second-order valence-electron chi connectivity index (χ2n) is 2.74. The summed E-state index contributed by atoms with van der Waals surface area (Å²) in [7, 11) is 0. The topological polar surface area (TPSA) is 32.6 Å². The number of nitrogens with zero attached hydrogens (tertiary/aromatic N) is 1. The van der Waals surface area contributed by atoms with E-state index in [1.54, 1.807) is 11.3 Å². The molecule has 0 saturated heterocycles. The van der Waals surface area contributed by atoms with E-state index in [4.69, 9.17) is 5.21 Å². The van der Waals surface area contributed by atoms with Gasteiger partial charge in [-0.1, -0.05) is 18.1 Å². The zero-order chi connectivity index (χ0) is 9.68. The molecule has 3 heteroatoms. The molecule has 70 valence electrons. The molecule has 1 aromatic heterocycles. The summed E-state index contributed by atoms with van der Waals surface area (Å²) >= 11 is 1.68. The summed E-state index contributed by atoms with van der Waals surface area (Å²) in [4.78, 5) is 1.19. The number of hydrogen-bond donors (Lipinski definition) is 1. The Kier molecular flexibility index (Phi) is 3.71. The Bertz CT molecular complexity index is 312. The summed E-state index contributed by atoms with van der Waals surface area (Å²) in [6.45, 7) is 3.93. The highest BCUT2D eigenvalue weighted by Gasteiger charge is 1.99. The maximum Gasteiger partial charge on any atom is 0.0822 e. The van der Waals surface area contributed by atoms with Gasteiger partial charge < -0.3 is 5.21 Å². The molecule has 1 heterocycles. The van der Waals surface area contributed by atoms with Crippen LogP contribution in [0.5, 0.6) is 0 Å². The Hall–Kier alpha value is -1.09. The van der Waals surface area contributed by atoms with Crippen LogP contribution < -0.4 is 0 Å². The first kappa shape index (κ1) is 9.99. The van der Waals surface area contributed by atoms with E-state index in [-0.39, 0.29) is 0 Å². The molecule has 0 atom stereocenters. The van der Waals surface area contributed by atoms with Gasteiger partial charge >= 0.3 is 0 Å². The number of rotatable bonds is 3. The van der Waals surface area contributed by atoms with Crippen molar-refractivity contribution in [2.24, 2.45) is 5.16 Å². The molecule has 0 amide bonds. The zero-order valence-electron chi connectivity index (χ0n) is 7.82. The van der Waals surface area contributed by atoms with Crippen molar-refractivity contribution < 1.29 is 5.21 Å². The molecule has 0 saturated carbocycles. The lowest BCUT2D eigenvalue weighted by Gasteiger charge is -1.99. The minimum atomic E-state index is 0.744. The summed E-state index contributed by atoms with van der Waals surface area (Å²) in [6, 6.07) is 4.05. The quantitative estimate of drug-likeness (QED) is 0.447. The van der Waals surface area contributed by atoms with Gasteiger partial charge in [0.25, 0.3) is 0 Å². The molecular formula is C10H13NOS. The van der Waals surface area contributed by atoms with Crippen molar-refractivity contribution in [3.63, 3.8) is 0 Å². The molecule has 0 aromatic carbocycles. The van der Waals surface area contributed by atoms with Crippen LogP contribution in [0, 0.1) is 0 Å². The van der Waals surface area contributed by atoms with Crippen LogP contribution in [0.15, 0.2) is 28.2 Å². The van der Waals surface area contributed by atoms with Crippen molar-refractivity contribution in [3.05, 3.63) is 28.0 Å². The Morgan fingerprint density at radius 3 is 2.92 bits per heavy atom. The second kappa shape index (κ2) is 4.82. The van der Waals surface area contributed by atoms with E-state index < -0.39 is 0 Å². The van der Waals surface area contributed by atoms with Crippen LogP contribution in [-0.4, -0.2) is 10.9 Å². The van der Waals surface area contributed by atoms with Crippen molar-refractivity contribution in [2.45, 2.75) is 20.3 Å². The van der Waals surface area contributed by atoms with E-state index in [0.29, 0.717) is 0 Å². The van der Waals surface area contributed by atoms with Gasteiger partial charge in [-0.25, -0.2) is 0 Å². The summed E-state index contributed by atoms with van der Waals surface area (Å²) in [5, 5.41) is 13.9. The van der Waals surface area contributed by atoms with Gasteiger partial charge in [-0.05, 0) is 36.4 Å². The third kappa shape index (κ3) is 2.70. The number of allylic oxidation sites excluding steroid dienone is 1. The van der Waals surface area contributed by atoms with Crippen LogP contribution >= 0.6 is 11.3 Å². The maximum atomic E-state index is 8.68. The lowest BCUT2D eigenvalue weighted by atomic mass is 10.1. The molecule has 13 heavy (non-hydrogen) atoms. The van der Waals surface area contributed by atoms with Gasteiger partial charge in [0.1, 0.15) is 0 Å². The molecule has 0 aliphatic heterocycles. The minimum Gasteiger partial charge on any atom is -0.411 e. The fourth-order valence-electron chi connectivity index (χ4n) is 1.10. The monoisotopic (exact) mass is 195 g/mol. The standard InChI is InChI=1S/C10H13NOS/c1-3-10(11-12)8(2)7-9-5-4-6-13-9/h4-7,12H,3H2,1-2H3/b8-7+,11-10?. The van der Waals surface area contributed by atoms with Gasteiger partial charge in [-0.15, -0.1) is 11.3 Å². The summed E-state index contributed by atoms with van der Waals surface area (Å²) in [6.07, 6.45) is 2.79. The van der Waals surface area contributed by atoms with Gasteiger partial charge in [0.15, 0.2) is 0 Å². The zero-order valence-corrected chi connectivity index (χ0v) is 8.64. The number of oxime groups is 1. The van der Waals surface area contributed by atoms with Gasteiger partial charge in [0.05, 0.1) is 5.71 Å². The van der Waals surface area contributed by atoms with Crippen molar-refractivity contribution >= 4 is 23.1 Å². The van der Waals surface area contributed by atoms with Crippen LogP contribution in [-0.2, 0) is 0 Å². The summed E-state index contributed by atoms with van der Waals surface area (Å²) in [5.74, 6) is 0. The SMILES string of the molecule is CCC(=NO)/C(C)=C/c1cccs1. The van der Waals surface area contributed by atoms with Crippen LogP contribution in [0.1, 0.15) is 25.1 Å². The number of thiophene rings is 1. The molecule has 2 nitrogen and oxygen atoms in total. The van der Waals surface area contributed by atoms with Crippen molar-refractivity contribution in [3.8, 4) is 0 Å². The molecule has 0 radical (unpaired) electrons. The Labute approximate surface area is 82.2 Å². The number of hydrogen-bond acceptors (Lipinski definition) is 3. The summed E-state index contributed by atoms with van der Waals surface area (Å²) in [5.41, 5.74) is 1.76. The highest BCUT2D eigenvalue weighted by molar-refractivity contribution is 7.10. The fraction of sp³-hybridized carbons (Fsp3) is 0.300. The van der Waals surface area contributed by atoms with Gasteiger partial charge in [0, 0.05) is 4.88 Å². The van der Waals surface area contributed by atoms with E-state index >= 15 is 0 Å². The molecular weight excluding hydrogens is 182 g/mol. The molecule has 0 aliphatic carbocycles. The van der Waals surface area contributed by atoms with Crippen molar-refractivity contribution in [2.75, 3.05) is 0 Å². The Balaban J connectivity index is 2.83. The van der Waals surface area contributed by atoms with Crippen molar-refractivity contribution in [1.29, 1.82) is 0 Å². The van der Waals surface area contributed by atoms with Gasteiger partial charge in [-0.2, -0.15) is 0 Å². The van der Waals surface area contributed by atoms with E-state index in [1.807, 2.05) is 37.4 Å². The Morgan fingerprint density at radius 2 is 2.46 bits per heavy atom. The van der Waals surface area contributed by atoms with E-state index in [0.717, 1.165) is 17.7 Å². The van der Waals surface area contributed by atoms with Crippen LogP contribution in [0.4, 0.5) is 0 Å². The van der Waals surface area contributed by atoms with Crippen LogP contribution in [0.25, 0.3) is 6.08 Å². The van der Waals surface area contributed by atoms with E-state index in [2.05, 4.69) is 5.16 Å². The molecule has 1 rings (SSSR count). The second-order valence-corrected chi connectivity index (χ2v) is 3.72. The predicted octanol–water partition coefficient (Wildman–Crippen LogP) is 3.39. The average molecular weight is 195 g/mol. The maximum absolute atomic E-state index is 8.68. The van der Waals surface area contributed by atoms with Crippen LogP contribution in [0.3, 0.4) is 0 Å².